The minimum absolute atomic E-state index is 0.274. The molecule has 3 aromatic rings. The second kappa shape index (κ2) is 7.24. The summed E-state index contributed by atoms with van der Waals surface area (Å²) in [7, 11) is -2.09. The van der Waals surface area contributed by atoms with Crippen LogP contribution in [-0.4, -0.2) is 15.5 Å². The van der Waals surface area contributed by atoms with Gasteiger partial charge in [0, 0.05) is 5.56 Å². The molecule has 0 aromatic heterocycles. The topological polar surface area (TPSA) is 102 Å². The van der Waals surface area contributed by atoms with Gasteiger partial charge >= 0.3 is 0 Å². The number of benzene rings is 3. The first-order chi connectivity index (χ1) is 13.9. The minimum Gasteiger partial charge on any atom is -0.496 e. The van der Waals surface area contributed by atoms with Gasteiger partial charge in [-0.2, -0.15) is 5.26 Å². The maximum atomic E-state index is 11.6. The number of nitrogens with zero attached hydrogens (tertiary/aromatic N) is 1. The van der Waals surface area contributed by atoms with Gasteiger partial charge in [-0.1, -0.05) is 36.4 Å². The van der Waals surface area contributed by atoms with E-state index in [0.29, 0.717) is 22.6 Å². The van der Waals surface area contributed by atoms with Gasteiger partial charge in [-0.3, -0.25) is 0 Å². The van der Waals surface area contributed by atoms with E-state index in [1.165, 1.54) is 0 Å². The third-order valence-corrected chi connectivity index (χ3v) is 5.54. The van der Waals surface area contributed by atoms with Gasteiger partial charge in [-0.15, -0.1) is 0 Å². The molecule has 7 heteroatoms. The van der Waals surface area contributed by atoms with Crippen LogP contribution in [-0.2, 0) is 15.8 Å². The van der Waals surface area contributed by atoms with Gasteiger partial charge < -0.3 is 9.47 Å². The molecule has 0 saturated heterocycles. The van der Waals surface area contributed by atoms with Crippen LogP contribution in [0.2, 0.25) is 0 Å². The van der Waals surface area contributed by atoms with Crippen LogP contribution in [0.5, 0.6) is 11.5 Å². The smallest absolute Gasteiger partial charge is 0.213 e. The van der Waals surface area contributed by atoms with E-state index in [9.17, 15) is 13.7 Å². The standard InChI is InChI=1S/C22H18N2O4S/c1-27-19-6-3-7-20-21(19)17-9-8-15(13-29(24,25)26)11-18(17)22(28-20)16-5-2-4-14(10-16)12-23/h2-11,22H,13H2,1H3,(H2,24,25,26). The molecule has 0 fully saturated rings. The Morgan fingerprint density at radius 2 is 1.93 bits per heavy atom. The highest BCUT2D eigenvalue weighted by molar-refractivity contribution is 7.88. The molecule has 0 spiro atoms. The van der Waals surface area contributed by atoms with E-state index < -0.39 is 16.1 Å². The first-order valence-electron chi connectivity index (χ1n) is 8.87. The summed E-state index contributed by atoms with van der Waals surface area (Å²) in [5, 5.41) is 14.5. The lowest BCUT2D eigenvalue weighted by Gasteiger charge is -2.30. The highest BCUT2D eigenvalue weighted by Crippen LogP contribution is 2.49. The molecule has 1 heterocycles. The van der Waals surface area contributed by atoms with Crippen molar-refractivity contribution in [3.05, 3.63) is 82.9 Å². The Kier molecular flexibility index (Phi) is 4.74. The van der Waals surface area contributed by atoms with Crippen molar-refractivity contribution in [3.63, 3.8) is 0 Å². The van der Waals surface area contributed by atoms with Crippen molar-refractivity contribution < 1.29 is 17.9 Å². The molecule has 1 atom stereocenters. The largest absolute Gasteiger partial charge is 0.496 e. The maximum Gasteiger partial charge on any atom is 0.213 e. The molecule has 2 N–H and O–H groups in total. The van der Waals surface area contributed by atoms with E-state index in [-0.39, 0.29) is 5.75 Å². The molecule has 3 aromatic carbocycles. The van der Waals surface area contributed by atoms with Gasteiger partial charge in [-0.25, -0.2) is 13.6 Å². The van der Waals surface area contributed by atoms with E-state index in [2.05, 4.69) is 6.07 Å². The fourth-order valence-electron chi connectivity index (χ4n) is 3.63. The molecule has 6 nitrogen and oxygen atoms in total. The molecule has 1 aliphatic heterocycles. The molecule has 29 heavy (non-hydrogen) atoms. The van der Waals surface area contributed by atoms with Crippen molar-refractivity contribution in [1.82, 2.24) is 0 Å². The molecule has 0 aliphatic carbocycles. The summed E-state index contributed by atoms with van der Waals surface area (Å²) >= 11 is 0. The second-order valence-corrected chi connectivity index (χ2v) is 8.41. The second-order valence-electron chi connectivity index (χ2n) is 6.80. The number of nitrogens with two attached hydrogens (primary N) is 1. The number of ether oxygens (including phenoxy) is 2. The van der Waals surface area contributed by atoms with Crippen LogP contribution < -0.4 is 14.6 Å². The van der Waals surface area contributed by atoms with Crippen molar-refractivity contribution >= 4 is 10.0 Å². The Balaban J connectivity index is 1.94. The number of rotatable bonds is 4. The van der Waals surface area contributed by atoms with Crippen LogP contribution in [0, 0.1) is 11.3 Å². The van der Waals surface area contributed by atoms with E-state index in [1.54, 1.807) is 37.4 Å². The molecule has 1 aliphatic rings. The zero-order valence-corrected chi connectivity index (χ0v) is 16.4. The summed E-state index contributed by atoms with van der Waals surface area (Å²) < 4.78 is 35.0. The van der Waals surface area contributed by atoms with Gasteiger partial charge in [0.15, 0.2) is 0 Å². The molecular formula is C22H18N2O4S. The van der Waals surface area contributed by atoms with Crippen LogP contribution in [0.3, 0.4) is 0 Å². The lowest BCUT2D eigenvalue weighted by Crippen LogP contribution is -2.18. The minimum atomic E-state index is -3.68. The third kappa shape index (κ3) is 3.68. The Morgan fingerprint density at radius 1 is 1.14 bits per heavy atom. The average molecular weight is 406 g/mol. The summed E-state index contributed by atoms with van der Waals surface area (Å²) in [6.07, 6.45) is -0.502. The van der Waals surface area contributed by atoms with Gasteiger partial charge in [0.05, 0.1) is 30.1 Å². The van der Waals surface area contributed by atoms with Crippen molar-refractivity contribution in [2.24, 2.45) is 5.14 Å². The number of nitriles is 1. The summed E-state index contributed by atoms with van der Waals surface area (Å²) in [6.45, 7) is 0. The molecule has 0 radical (unpaired) electrons. The highest BCUT2D eigenvalue weighted by Gasteiger charge is 2.30. The fraction of sp³-hybridized carbons (Fsp3) is 0.136. The molecule has 146 valence electrons. The van der Waals surface area contributed by atoms with Crippen molar-refractivity contribution in [2.45, 2.75) is 11.9 Å². The lowest BCUT2D eigenvalue weighted by atomic mass is 9.88. The lowest BCUT2D eigenvalue weighted by molar-refractivity contribution is 0.242. The van der Waals surface area contributed by atoms with Gasteiger partial charge in [-0.05, 0) is 41.0 Å². The van der Waals surface area contributed by atoms with Gasteiger partial charge in [0.1, 0.15) is 17.6 Å². The fourth-order valence-corrected chi connectivity index (χ4v) is 4.28. The molecule has 0 bridgehead atoms. The van der Waals surface area contributed by atoms with Crippen LogP contribution in [0.15, 0.2) is 60.7 Å². The zero-order valence-electron chi connectivity index (χ0n) is 15.6. The van der Waals surface area contributed by atoms with Crippen LogP contribution in [0.4, 0.5) is 0 Å². The SMILES string of the molecule is COc1cccc2c1-c1ccc(CS(N)(=O)=O)cc1C(c1cccc(C#N)c1)O2. The maximum absolute atomic E-state index is 11.6. The zero-order chi connectivity index (χ0) is 20.6. The van der Waals surface area contributed by atoms with Crippen molar-refractivity contribution in [2.75, 3.05) is 7.11 Å². The van der Waals surface area contributed by atoms with Crippen LogP contribution in [0.1, 0.15) is 28.4 Å². The molecule has 0 amide bonds. The number of sulfonamides is 1. The normalized spacial score (nSPS) is 14.9. The molecule has 4 rings (SSSR count). The van der Waals surface area contributed by atoms with Crippen molar-refractivity contribution in [3.8, 4) is 28.7 Å². The Morgan fingerprint density at radius 3 is 2.66 bits per heavy atom. The molecule has 0 saturated carbocycles. The number of methoxy groups -OCH3 is 1. The summed E-state index contributed by atoms with van der Waals surface area (Å²) in [6, 6.07) is 20.3. The number of hydrogen-bond acceptors (Lipinski definition) is 5. The highest BCUT2D eigenvalue weighted by atomic mass is 32.2. The molecule has 1 unspecified atom stereocenters. The summed E-state index contributed by atoms with van der Waals surface area (Å²) in [5.74, 6) is 1.04. The Bertz CT molecular complexity index is 1250. The predicted molar refractivity (Wildman–Crippen MR) is 109 cm³/mol. The monoisotopic (exact) mass is 406 g/mol. The first kappa shape index (κ1) is 19.0. The Hall–Kier alpha value is -3.34. The summed E-state index contributed by atoms with van der Waals surface area (Å²) in [5.41, 5.74) is 4.36. The first-order valence-corrected chi connectivity index (χ1v) is 10.6. The van der Waals surface area contributed by atoms with E-state index in [4.69, 9.17) is 14.6 Å². The summed E-state index contributed by atoms with van der Waals surface area (Å²) in [4.78, 5) is 0. The quantitative estimate of drug-likeness (QED) is 0.714. The Labute approximate surface area is 169 Å². The number of primary sulfonamides is 1. The van der Waals surface area contributed by atoms with Gasteiger partial charge in [0.2, 0.25) is 10.0 Å². The third-order valence-electron chi connectivity index (χ3n) is 4.81. The van der Waals surface area contributed by atoms with Gasteiger partial charge in [0.25, 0.3) is 0 Å². The average Bonchev–Trinajstić information content (AvgIpc) is 2.71. The van der Waals surface area contributed by atoms with E-state index in [1.807, 2.05) is 30.3 Å². The molecular weight excluding hydrogens is 388 g/mol. The van der Waals surface area contributed by atoms with E-state index >= 15 is 0 Å². The van der Waals surface area contributed by atoms with Crippen LogP contribution in [0.25, 0.3) is 11.1 Å². The predicted octanol–water partition coefficient (Wildman–Crippen LogP) is 3.50. The van der Waals surface area contributed by atoms with Crippen molar-refractivity contribution in [1.29, 1.82) is 5.26 Å². The van der Waals surface area contributed by atoms with Crippen LogP contribution >= 0.6 is 0 Å². The number of fused-ring (bicyclic) bond motifs is 3. The van der Waals surface area contributed by atoms with E-state index in [0.717, 1.165) is 22.3 Å². The number of hydrogen-bond donors (Lipinski definition) is 1.